The molecule has 2 aliphatic carbocycles. The molecule has 0 fully saturated rings. The summed E-state index contributed by atoms with van der Waals surface area (Å²) >= 11 is 0. The van der Waals surface area contributed by atoms with E-state index in [2.05, 4.69) is 10.6 Å². The molecule has 20 heavy (non-hydrogen) atoms. The van der Waals surface area contributed by atoms with Gasteiger partial charge in [-0.15, -0.1) is 0 Å². The molecule has 0 radical (unpaired) electrons. The molecule has 0 heterocycles. The maximum atomic E-state index is 13.9. The molecule has 2 nitrogen and oxygen atoms in total. The van der Waals surface area contributed by atoms with Gasteiger partial charge in [0.15, 0.2) is 0 Å². The van der Waals surface area contributed by atoms with Crippen LogP contribution >= 0.6 is 0 Å². The van der Waals surface area contributed by atoms with E-state index in [1.807, 2.05) is 0 Å². The maximum absolute atomic E-state index is 13.9. The molecule has 2 atom stereocenters. The lowest BCUT2D eigenvalue weighted by Crippen LogP contribution is -2.36. The number of allylic oxidation sites excluding steroid dienone is 6. The van der Waals surface area contributed by atoms with E-state index in [9.17, 15) is 17.6 Å². The van der Waals surface area contributed by atoms with Crippen molar-refractivity contribution in [1.82, 2.24) is 10.6 Å². The van der Waals surface area contributed by atoms with Gasteiger partial charge in [0, 0.05) is 23.3 Å². The molecule has 0 saturated heterocycles. The Morgan fingerprint density at radius 3 is 1.40 bits per heavy atom. The van der Waals surface area contributed by atoms with Gasteiger partial charge in [-0.05, 0) is 26.2 Å². The van der Waals surface area contributed by atoms with Gasteiger partial charge < -0.3 is 0 Å². The quantitative estimate of drug-likeness (QED) is 0.602. The highest BCUT2D eigenvalue weighted by Crippen LogP contribution is 2.35. The van der Waals surface area contributed by atoms with Crippen molar-refractivity contribution in [3.63, 3.8) is 0 Å². The average Bonchev–Trinajstić information content (AvgIpc) is 2.40. The van der Waals surface area contributed by atoms with E-state index in [1.54, 1.807) is 0 Å². The Kier molecular flexibility index (Phi) is 3.71. The van der Waals surface area contributed by atoms with Gasteiger partial charge in [-0.25, -0.2) is 17.6 Å². The molecule has 0 aliphatic heterocycles. The second-order valence-corrected chi connectivity index (χ2v) is 4.51. The SMILES string of the molecule is CNC1(F)C=CC(=C2C=CC(F)(NC)C=C2F)C(F)=C1. The summed E-state index contributed by atoms with van der Waals surface area (Å²) in [6.45, 7) is 0. The topological polar surface area (TPSA) is 24.1 Å². The number of hydrogen-bond acceptors (Lipinski definition) is 2. The highest BCUT2D eigenvalue weighted by atomic mass is 19.2. The minimum Gasteiger partial charge on any atom is -0.282 e. The van der Waals surface area contributed by atoms with Crippen molar-refractivity contribution in [3.8, 4) is 0 Å². The smallest absolute Gasteiger partial charge is 0.202 e. The lowest BCUT2D eigenvalue weighted by molar-refractivity contribution is 0.247. The van der Waals surface area contributed by atoms with Gasteiger partial charge in [0.1, 0.15) is 11.7 Å². The third kappa shape index (κ3) is 2.62. The Bertz CT molecular complexity index is 524. The fourth-order valence-corrected chi connectivity index (χ4v) is 1.94. The van der Waals surface area contributed by atoms with Gasteiger partial charge in [-0.2, -0.15) is 0 Å². The number of nitrogens with one attached hydrogen (secondary N) is 2. The molecule has 0 bridgehead atoms. The number of alkyl halides is 2. The second-order valence-electron chi connectivity index (χ2n) is 4.51. The lowest BCUT2D eigenvalue weighted by Gasteiger charge is -2.24. The molecule has 0 spiro atoms. The molecule has 2 rings (SSSR count). The summed E-state index contributed by atoms with van der Waals surface area (Å²) in [4.78, 5) is 0. The highest BCUT2D eigenvalue weighted by Gasteiger charge is 2.31. The first-order valence-corrected chi connectivity index (χ1v) is 5.98. The van der Waals surface area contributed by atoms with Crippen molar-refractivity contribution in [3.05, 3.63) is 59.3 Å². The Balaban J connectivity index is 2.43. The lowest BCUT2D eigenvalue weighted by atomic mass is 9.94. The first-order chi connectivity index (χ1) is 9.32. The van der Waals surface area contributed by atoms with Gasteiger partial charge in [-0.3, -0.25) is 10.6 Å². The Labute approximate surface area is 114 Å². The van der Waals surface area contributed by atoms with Crippen molar-refractivity contribution < 1.29 is 17.6 Å². The molecule has 6 heteroatoms. The molecular formula is C14H14F4N2. The summed E-state index contributed by atoms with van der Waals surface area (Å²) in [6, 6.07) is 0. The van der Waals surface area contributed by atoms with Crippen molar-refractivity contribution in [1.29, 1.82) is 0 Å². The number of hydrogen-bond donors (Lipinski definition) is 2. The van der Waals surface area contributed by atoms with Crippen LogP contribution in [0, 0.1) is 0 Å². The zero-order valence-corrected chi connectivity index (χ0v) is 11.0. The van der Waals surface area contributed by atoms with Gasteiger partial charge in [0.2, 0.25) is 11.6 Å². The van der Waals surface area contributed by atoms with Crippen LogP contribution in [0.25, 0.3) is 0 Å². The predicted molar refractivity (Wildman–Crippen MR) is 69.5 cm³/mol. The van der Waals surface area contributed by atoms with Crippen LogP contribution in [-0.2, 0) is 0 Å². The van der Waals surface area contributed by atoms with E-state index in [4.69, 9.17) is 0 Å². The molecule has 0 aromatic carbocycles. The fraction of sp³-hybridized carbons (Fsp3) is 0.286. The van der Waals surface area contributed by atoms with Crippen molar-refractivity contribution in [2.24, 2.45) is 0 Å². The number of halogens is 4. The highest BCUT2D eigenvalue weighted by molar-refractivity contribution is 5.57. The summed E-state index contributed by atoms with van der Waals surface area (Å²) in [5, 5.41) is 4.56. The average molecular weight is 286 g/mol. The largest absolute Gasteiger partial charge is 0.282 e. The summed E-state index contributed by atoms with van der Waals surface area (Å²) in [5.74, 6) is -6.05. The van der Waals surface area contributed by atoms with Gasteiger partial charge >= 0.3 is 0 Å². The van der Waals surface area contributed by atoms with E-state index in [0.717, 1.165) is 24.3 Å². The van der Waals surface area contributed by atoms with Crippen LogP contribution in [0.5, 0.6) is 0 Å². The standard InChI is InChI=1S/C14H14F4N2/c1-19-13(17)5-3-9(11(15)7-13)10-4-6-14(18,20-2)8-12(10)16/h3-8,19-20H,1-2H3. The third-order valence-corrected chi connectivity index (χ3v) is 3.23. The molecule has 0 aromatic rings. The van der Waals surface area contributed by atoms with E-state index in [0.29, 0.717) is 12.2 Å². The van der Waals surface area contributed by atoms with Gasteiger partial charge in [0.05, 0.1) is 0 Å². The second kappa shape index (κ2) is 5.03. The van der Waals surface area contributed by atoms with Crippen LogP contribution in [-0.4, -0.2) is 25.7 Å². The number of rotatable bonds is 2. The van der Waals surface area contributed by atoms with Gasteiger partial charge in [0.25, 0.3) is 0 Å². The molecule has 2 unspecified atom stereocenters. The van der Waals surface area contributed by atoms with Crippen LogP contribution < -0.4 is 10.6 Å². The monoisotopic (exact) mass is 286 g/mol. The minimum atomic E-state index is -2.11. The summed E-state index contributed by atoms with van der Waals surface area (Å²) in [5.41, 5.74) is -0.256. The first kappa shape index (κ1) is 14.7. The van der Waals surface area contributed by atoms with Crippen molar-refractivity contribution in [2.75, 3.05) is 14.1 Å². The van der Waals surface area contributed by atoms with Crippen molar-refractivity contribution >= 4 is 0 Å². The van der Waals surface area contributed by atoms with Crippen LogP contribution in [0.1, 0.15) is 0 Å². The van der Waals surface area contributed by atoms with Crippen LogP contribution in [0.4, 0.5) is 17.6 Å². The molecule has 0 aromatic heterocycles. The Morgan fingerprint density at radius 2 is 1.15 bits per heavy atom. The van der Waals surface area contributed by atoms with Gasteiger partial charge in [-0.1, -0.05) is 12.2 Å². The zero-order valence-electron chi connectivity index (χ0n) is 11.0. The van der Waals surface area contributed by atoms with E-state index >= 15 is 0 Å². The molecule has 2 N–H and O–H groups in total. The minimum absolute atomic E-state index is 0.128. The van der Waals surface area contributed by atoms with Crippen LogP contribution in [0.2, 0.25) is 0 Å². The Hall–Kier alpha value is -1.66. The van der Waals surface area contributed by atoms with E-state index < -0.39 is 23.2 Å². The summed E-state index contributed by atoms with van der Waals surface area (Å²) in [6.07, 6.45) is 5.79. The van der Waals surface area contributed by atoms with Crippen LogP contribution in [0.15, 0.2) is 59.3 Å². The predicted octanol–water partition coefficient (Wildman–Crippen LogP) is 2.90. The van der Waals surface area contributed by atoms with Crippen LogP contribution in [0.3, 0.4) is 0 Å². The molecule has 0 amide bonds. The normalized spacial score (nSPS) is 36.9. The maximum Gasteiger partial charge on any atom is 0.202 e. The first-order valence-electron chi connectivity index (χ1n) is 5.98. The Morgan fingerprint density at radius 1 is 0.800 bits per heavy atom. The fourth-order valence-electron chi connectivity index (χ4n) is 1.94. The summed E-state index contributed by atoms with van der Waals surface area (Å²) in [7, 11) is 2.66. The van der Waals surface area contributed by atoms with E-state index in [1.165, 1.54) is 14.1 Å². The van der Waals surface area contributed by atoms with Crippen molar-refractivity contribution in [2.45, 2.75) is 11.6 Å². The molecule has 2 aliphatic rings. The van der Waals surface area contributed by atoms with E-state index in [-0.39, 0.29) is 11.1 Å². The molecule has 0 saturated carbocycles. The number of likely N-dealkylation sites (N-methyl/N-ethyl adjacent to an activating group) is 2. The summed E-state index contributed by atoms with van der Waals surface area (Å²) < 4.78 is 55.5. The third-order valence-electron chi connectivity index (χ3n) is 3.23. The zero-order chi connectivity index (χ0) is 15.0. The molecule has 108 valence electrons. The molecular weight excluding hydrogens is 272 g/mol.